The first-order valence-corrected chi connectivity index (χ1v) is 18.9. The van der Waals surface area contributed by atoms with E-state index in [-0.39, 0.29) is 5.91 Å². The van der Waals surface area contributed by atoms with Gasteiger partial charge in [0.1, 0.15) is 17.3 Å². The van der Waals surface area contributed by atoms with Gasteiger partial charge in [0, 0.05) is 28.4 Å². The molecule has 2 aromatic heterocycles. The zero-order valence-electron chi connectivity index (χ0n) is 29.7. The number of H-pyrrole nitrogens is 1. The summed E-state index contributed by atoms with van der Waals surface area (Å²) in [7, 11) is 1.34. The van der Waals surface area contributed by atoms with Crippen LogP contribution in [0, 0.1) is 0 Å². The lowest BCUT2D eigenvalue weighted by atomic mass is 9.77. The van der Waals surface area contributed by atoms with E-state index in [1.165, 1.54) is 7.11 Å². The fourth-order valence-corrected chi connectivity index (χ4v) is 7.52. The van der Waals surface area contributed by atoms with E-state index in [0.29, 0.717) is 24.4 Å². The Balaban J connectivity index is 1.22. The van der Waals surface area contributed by atoms with Gasteiger partial charge in [-0.2, -0.15) is 11.8 Å². The normalized spacial score (nSPS) is 12.0. The zero-order valence-corrected chi connectivity index (χ0v) is 30.5. The number of esters is 1. The topological polar surface area (TPSA) is 101 Å². The summed E-state index contributed by atoms with van der Waals surface area (Å²) in [5.41, 5.74) is 7.32. The quantitative estimate of drug-likeness (QED) is 0.0770. The van der Waals surface area contributed by atoms with E-state index in [0.717, 1.165) is 50.1 Å². The molecule has 2 heterocycles. The number of carbonyl (C=O) groups is 2. The van der Waals surface area contributed by atoms with Crippen LogP contribution in [0.25, 0.3) is 22.0 Å². The largest absolute Gasteiger partial charge is 0.467 e. The molecule has 0 spiro atoms. The van der Waals surface area contributed by atoms with Crippen molar-refractivity contribution in [3.63, 3.8) is 0 Å². The van der Waals surface area contributed by atoms with Gasteiger partial charge in [0.25, 0.3) is 5.91 Å². The number of methoxy groups -OCH3 is 1. The highest BCUT2D eigenvalue weighted by Gasteiger charge is 2.38. The molecule has 8 nitrogen and oxygen atoms in total. The molecular formula is C44H41N5O3S. The van der Waals surface area contributed by atoms with Gasteiger partial charge in [-0.3, -0.25) is 4.79 Å². The number of imidazole rings is 1. The average Bonchev–Trinajstić information content (AvgIpc) is 3.85. The third-order valence-corrected chi connectivity index (χ3v) is 10.2. The van der Waals surface area contributed by atoms with Crippen molar-refractivity contribution < 1.29 is 14.3 Å². The Kier molecular flexibility index (Phi) is 10.7. The van der Waals surface area contributed by atoms with Gasteiger partial charge < -0.3 is 24.9 Å². The smallest absolute Gasteiger partial charge is 0.328 e. The van der Waals surface area contributed by atoms with E-state index in [9.17, 15) is 9.59 Å². The molecular weight excluding hydrogens is 679 g/mol. The summed E-state index contributed by atoms with van der Waals surface area (Å²) >= 11 is 1.61. The second-order valence-electron chi connectivity index (χ2n) is 12.8. The summed E-state index contributed by atoms with van der Waals surface area (Å²) in [5, 5.41) is 7.38. The van der Waals surface area contributed by atoms with E-state index in [1.54, 1.807) is 11.8 Å². The zero-order chi connectivity index (χ0) is 36.6. The third-order valence-electron chi connectivity index (χ3n) is 9.56. The van der Waals surface area contributed by atoms with E-state index in [1.807, 2.05) is 73.2 Å². The number of rotatable bonds is 14. The fourth-order valence-electron chi connectivity index (χ4n) is 7.05. The molecule has 0 radical (unpaired) electrons. The highest BCUT2D eigenvalue weighted by Crippen LogP contribution is 2.41. The van der Waals surface area contributed by atoms with Gasteiger partial charge in [0.2, 0.25) is 0 Å². The Morgan fingerprint density at radius 2 is 1.42 bits per heavy atom. The Hall–Kier alpha value is -6.06. The number of benzene rings is 5. The number of fused-ring (bicyclic) bond motifs is 1. The minimum absolute atomic E-state index is 0.365. The van der Waals surface area contributed by atoms with Crippen LogP contribution in [-0.2, 0) is 21.6 Å². The molecule has 3 N–H and O–H groups in total. The maximum absolute atomic E-state index is 13.8. The van der Waals surface area contributed by atoms with E-state index >= 15 is 0 Å². The van der Waals surface area contributed by atoms with Crippen LogP contribution in [0.15, 0.2) is 152 Å². The molecule has 53 heavy (non-hydrogen) atoms. The number of aromatic nitrogens is 3. The molecule has 0 aliphatic carbocycles. The molecule has 1 atom stereocenters. The lowest BCUT2D eigenvalue weighted by molar-refractivity contribution is -0.142. The first-order chi connectivity index (χ1) is 26.0. The first-order valence-electron chi connectivity index (χ1n) is 17.6. The standard InChI is InChI=1S/C44H41N5O3S/c1-52-43(51)39(25-26-53-2)48-42(50)41-40(31-15-7-3-8-16-31)37-27-35(23-24-38(37)47-41)45-28-36-29-49(30-46-36)44(32-17-9-4-10-18-32,33-19-11-5-12-20-33)34-21-13-6-14-22-34/h3-24,27,29-30,39,45,47H,25-26,28H2,1-2H3,(H,48,50)/t39-/m0/s1. The second-order valence-corrected chi connectivity index (χ2v) is 13.8. The molecule has 9 heteroatoms. The Labute approximate surface area is 313 Å². The maximum Gasteiger partial charge on any atom is 0.328 e. The predicted octanol–water partition coefficient (Wildman–Crippen LogP) is 8.51. The van der Waals surface area contributed by atoms with Crippen LogP contribution in [0.3, 0.4) is 0 Å². The Morgan fingerprint density at radius 1 is 0.830 bits per heavy atom. The number of hydrogen-bond donors (Lipinski definition) is 3. The van der Waals surface area contributed by atoms with Gasteiger partial charge in [-0.1, -0.05) is 121 Å². The molecule has 0 saturated heterocycles. The Bertz CT molecular complexity index is 2190. The van der Waals surface area contributed by atoms with Gasteiger partial charge >= 0.3 is 5.97 Å². The van der Waals surface area contributed by atoms with Crippen molar-refractivity contribution in [1.82, 2.24) is 19.9 Å². The van der Waals surface area contributed by atoms with Crippen molar-refractivity contribution in [3.05, 3.63) is 180 Å². The number of nitrogens with one attached hydrogen (secondary N) is 3. The summed E-state index contributed by atoms with van der Waals surface area (Å²) in [5.74, 6) is -0.125. The number of carbonyl (C=O) groups excluding carboxylic acids is 2. The van der Waals surface area contributed by atoms with Crippen LogP contribution in [0.2, 0.25) is 0 Å². The van der Waals surface area contributed by atoms with E-state index < -0.39 is 17.6 Å². The molecule has 266 valence electrons. The molecule has 0 saturated carbocycles. The molecule has 7 aromatic rings. The molecule has 0 bridgehead atoms. The second kappa shape index (κ2) is 16.1. The van der Waals surface area contributed by atoms with Crippen molar-refractivity contribution in [2.45, 2.75) is 24.5 Å². The summed E-state index contributed by atoms with van der Waals surface area (Å²) in [6.07, 6.45) is 6.46. The Morgan fingerprint density at radius 3 is 1.98 bits per heavy atom. The van der Waals surface area contributed by atoms with Crippen LogP contribution in [-0.4, -0.2) is 51.6 Å². The number of nitrogens with zero attached hydrogens (tertiary/aromatic N) is 2. The van der Waals surface area contributed by atoms with Gasteiger partial charge in [0.15, 0.2) is 0 Å². The molecule has 1 amide bonds. The number of aromatic amines is 1. The molecule has 5 aromatic carbocycles. The maximum atomic E-state index is 13.8. The molecule has 0 unspecified atom stereocenters. The van der Waals surface area contributed by atoms with Gasteiger partial charge in [0.05, 0.1) is 25.7 Å². The average molecular weight is 720 g/mol. The summed E-state index contributed by atoms with van der Waals surface area (Å²) in [6.45, 7) is 0.474. The van der Waals surface area contributed by atoms with Crippen LogP contribution < -0.4 is 10.6 Å². The third kappa shape index (κ3) is 7.21. The SMILES string of the molecule is COC(=O)[C@H](CCSC)NC(=O)c1[nH]c2ccc(NCc3cn(C(c4ccccc4)(c4ccccc4)c4ccccc4)cn3)cc2c1-c1ccccc1. The first kappa shape index (κ1) is 35.3. The predicted molar refractivity (Wildman–Crippen MR) is 214 cm³/mol. The number of ether oxygens (including phenoxy) is 1. The number of hydrogen-bond acceptors (Lipinski definition) is 6. The van der Waals surface area contributed by atoms with Crippen molar-refractivity contribution in [2.24, 2.45) is 0 Å². The van der Waals surface area contributed by atoms with E-state index in [4.69, 9.17) is 9.72 Å². The van der Waals surface area contributed by atoms with Crippen LogP contribution in [0.1, 0.15) is 39.3 Å². The summed E-state index contributed by atoms with van der Waals surface area (Å²) in [6, 6.07) is 46.7. The highest BCUT2D eigenvalue weighted by molar-refractivity contribution is 7.98. The molecule has 0 aliphatic rings. The summed E-state index contributed by atoms with van der Waals surface area (Å²) < 4.78 is 7.21. The minimum atomic E-state index is -0.753. The lowest BCUT2D eigenvalue weighted by Gasteiger charge is -2.37. The van der Waals surface area contributed by atoms with Gasteiger partial charge in [-0.25, -0.2) is 9.78 Å². The van der Waals surface area contributed by atoms with Gasteiger partial charge in [-0.05, 0) is 58.9 Å². The highest BCUT2D eigenvalue weighted by atomic mass is 32.2. The van der Waals surface area contributed by atoms with Crippen molar-refractivity contribution in [3.8, 4) is 11.1 Å². The monoisotopic (exact) mass is 719 g/mol. The number of amides is 1. The molecule has 7 rings (SSSR count). The van der Waals surface area contributed by atoms with Crippen LogP contribution in [0.5, 0.6) is 0 Å². The fraction of sp³-hybridized carbons (Fsp3) is 0.159. The number of anilines is 1. The van der Waals surface area contributed by atoms with E-state index in [2.05, 4.69) is 105 Å². The minimum Gasteiger partial charge on any atom is -0.467 e. The lowest BCUT2D eigenvalue weighted by Crippen LogP contribution is -2.42. The van der Waals surface area contributed by atoms with Crippen molar-refractivity contribution >= 4 is 40.2 Å². The van der Waals surface area contributed by atoms with Crippen LogP contribution in [0.4, 0.5) is 5.69 Å². The van der Waals surface area contributed by atoms with Gasteiger partial charge in [-0.15, -0.1) is 0 Å². The number of thioether (sulfide) groups is 1. The van der Waals surface area contributed by atoms with Crippen LogP contribution >= 0.6 is 11.8 Å². The van der Waals surface area contributed by atoms with Crippen molar-refractivity contribution in [2.75, 3.05) is 24.4 Å². The summed E-state index contributed by atoms with van der Waals surface area (Å²) in [4.78, 5) is 34.6. The van der Waals surface area contributed by atoms with Crippen molar-refractivity contribution in [1.29, 1.82) is 0 Å². The molecule has 0 fully saturated rings. The molecule has 0 aliphatic heterocycles.